The van der Waals surface area contributed by atoms with E-state index in [1.54, 1.807) is 12.0 Å². The fraction of sp³-hybridized carbons (Fsp3) is 0.318. The minimum atomic E-state index is -0.240. The second kappa shape index (κ2) is 7.95. The fourth-order valence-electron chi connectivity index (χ4n) is 3.65. The second-order valence-corrected chi connectivity index (χ2v) is 7.19. The van der Waals surface area contributed by atoms with Gasteiger partial charge in [0, 0.05) is 12.2 Å². The highest BCUT2D eigenvalue weighted by Crippen LogP contribution is 2.34. The summed E-state index contributed by atoms with van der Waals surface area (Å²) in [5.74, 6) is 1.58. The van der Waals surface area contributed by atoms with Crippen molar-refractivity contribution in [2.45, 2.75) is 32.7 Å². The quantitative estimate of drug-likeness (QED) is 0.694. The Balaban J connectivity index is 1.55. The van der Waals surface area contributed by atoms with Gasteiger partial charge in [-0.05, 0) is 56.0 Å². The van der Waals surface area contributed by atoms with E-state index in [0.717, 1.165) is 35.2 Å². The smallest absolute Gasteiger partial charge is 0.322 e. The Hall–Kier alpha value is -3.35. The highest BCUT2D eigenvalue weighted by atomic mass is 16.5. The van der Waals surface area contributed by atoms with Crippen molar-refractivity contribution in [2.75, 3.05) is 19.0 Å². The number of likely N-dealkylation sites (tertiary alicyclic amines) is 1. The van der Waals surface area contributed by atoms with Gasteiger partial charge in [-0.15, -0.1) is 0 Å². The first-order chi connectivity index (χ1) is 14.1. The Labute approximate surface area is 169 Å². The van der Waals surface area contributed by atoms with Crippen molar-refractivity contribution in [3.63, 3.8) is 0 Å². The molecular weight excluding hydrogens is 368 g/mol. The Kier molecular flexibility index (Phi) is 5.20. The molecule has 1 N–H and O–H groups in total. The molecule has 0 bridgehead atoms. The molecule has 4 rings (SSSR count). The zero-order valence-corrected chi connectivity index (χ0v) is 16.8. The summed E-state index contributed by atoms with van der Waals surface area (Å²) in [5.41, 5.74) is 3.78. The third-order valence-corrected chi connectivity index (χ3v) is 5.43. The zero-order valence-electron chi connectivity index (χ0n) is 16.8. The van der Waals surface area contributed by atoms with Crippen molar-refractivity contribution in [1.29, 1.82) is 0 Å². The predicted octanol–water partition coefficient (Wildman–Crippen LogP) is 4.73. The van der Waals surface area contributed by atoms with Gasteiger partial charge < -0.3 is 19.5 Å². The highest BCUT2D eigenvalue weighted by molar-refractivity contribution is 5.90. The standard InChI is InChI=1S/C22H24N4O3/c1-14-8-6-10-17(15(14)2)23-22(27)26-13-7-11-18(26)21-24-20(25-29-21)16-9-4-5-12-19(16)28-3/h4-6,8-10,12,18H,7,11,13H2,1-3H3,(H,23,27)/t18-/m1/s1. The van der Waals surface area contributed by atoms with Gasteiger partial charge in [0.15, 0.2) is 0 Å². The van der Waals surface area contributed by atoms with Crippen LogP contribution in [0.15, 0.2) is 47.0 Å². The first kappa shape index (κ1) is 19.0. The third kappa shape index (κ3) is 3.68. The van der Waals surface area contributed by atoms with Crippen molar-refractivity contribution in [3.05, 3.63) is 59.5 Å². The molecule has 2 aromatic carbocycles. The lowest BCUT2D eigenvalue weighted by Gasteiger charge is -2.23. The summed E-state index contributed by atoms with van der Waals surface area (Å²) in [4.78, 5) is 19.3. The van der Waals surface area contributed by atoms with E-state index in [-0.39, 0.29) is 12.1 Å². The number of methoxy groups -OCH3 is 1. The van der Waals surface area contributed by atoms with Gasteiger partial charge in [0.25, 0.3) is 0 Å². The van der Waals surface area contributed by atoms with Gasteiger partial charge in [-0.25, -0.2) is 4.79 Å². The lowest BCUT2D eigenvalue weighted by atomic mass is 10.1. The number of carbonyl (C=O) groups excluding carboxylic acids is 1. The fourth-order valence-corrected chi connectivity index (χ4v) is 3.65. The third-order valence-electron chi connectivity index (χ3n) is 5.43. The van der Waals surface area contributed by atoms with Gasteiger partial charge >= 0.3 is 6.03 Å². The first-order valence-electron chi connectivity index (χ1n) is 9.69. The number of amides is 2. The topological polar surface area (TPSA) is 80.5 Å². The van der Waals surface area contributed by atoms with Crippen LogP contribution in [0.2, 0.25) is 0 Å². The predicted molar refractivity (Wildman–Crippen MR) is 110 cm³/mol. The van der Waals surface area contributed by atoms with Crippen LogP contribution in [0.3, 0.4) is 0 Å². The number of urea groups is 1. The molecule has 1 aromatic heterocycles. The van der Waals surface area contributed by atoms with Crippen LogP contribution >= 0.6 is 0 Å². The summed E-state index contributed by atoms with van der Waals surface area (Å²) in [7, 11) is 1.61. The molecule has 1 atom stereocenters. The van der Waals surface area contributed by atoms with Gasteiger partial charge in [0.05, 0.1) is 12.7 Å². The number of hydrogen-bond donors (Lipinski definition) is 1. The van der Waals surface area contributed by atoms with Gasteiger partial charge in [-0.1, -0.05) is 29.4 Å². The summed E-state index contributed by atoms with van der Waals surface area (Å²) in [6.07, 6.45) is 1.67. The normalized spacial score (nSPS) is 16.1. The maximum Gasteiger partial charge on any atom is 0.322 e. The molecule has 1 saturated heterocycles. The minimum Gasteiger partial charge on any atom is -0.496 e. The number of hydrogen-bond acceptors (Lipinski definition) is 5. The van der Waals surface area contributed by atoms with Crippen molar-refractivity contribution < 1.29 is 14.1 Å². The largest absolute Gasteiger partial charge is 0.496 e. The van der Waals surface area contributed by atoms with Crippen LogP contribution in [-0.4, -0.2) is 34.7 Å². The van der Waals surface area contributed by atoms with Gasteiger partial charge in [0.1, 0.15) is 11.8 Å². The molecule has 2 heterocycles. The number of nitrogens with zero attached hydrogens (tertiary/aromatic N) is 3. The van der Waals surface area contributed by atoms with Gasteiger partial charge in [-0.3, -0.25) is 0 Å². The highest BCUT2D eigenvalue weighted by Gasteiger charge is 2.34. The van der Waals surface area contributed by atoms with E-state index in [1.165, 1.54) is 0 Å². The molecule has 0 aliphatic carbocycles. The number of ether oxygens (including phenoxy) is 1. The van der Waals surface area contributed by atoms with Crippen LogP contribution in [-0.2, 0) is 0 Å². The van der Waals surface area contributed by atoms with Gasteiger partial charge in [-0.2, -0.15) is 4.98 Å². The summed E-state index contributed by atoms with van der Waals surface area (Å²) < 4.78 is 10.9. The van der Waals surface area contributed by atoms with Crippen molar-refractivity contribution >= 4 is 11.7 Å². The van der Waals surface area contributed by atoms with Crippen LogP contribution in [0.4, 0.5) is 10.5 Å². The number of anilines is 1. The van der Waals surface area contributed by atoms with E-state index >= 15 is 0 Å². The molecule has 7 heteroatoms. The van der Waals surface area contributed by atoms with E-state index in [2.05, 4.69) is 15.5 Å². The molecule has 1 aliphatic heterocycles. The molecular formula is C22H24N4O3. The summed E-state index contributed by atoms with van der Waals surface area (Å²) in [6.45, 7) is 4.68. The lowest BCUT2D eigenvalue weighted by molar-refractivity contribution is 0.193. The van der Waals surface area contributed by atoms with E-state index in [4.69, 9.17) is 9.26 Å². The molecule has 1 aliphatic rings. The maximum absolute atomic E-state index is 12.9. The molecule has 2 amide bonds. The first-order valence-corrected chi connectivity index (χ1v) is 9.69. The number of rotatable bonds is 4. The SMILES string of the molecule is COc1ccccc1-c1noc([C@H]2CCCN2C(=O)Nc2cccc(C)c2C)n1. The van der Waals surface area contributed by atoms with E-state index < -0.39 is 0 Å². The minimum absolute atomic E-state index is 0.154. The molecule has 0 unspecified atom stereocenters. The summed E-state index contributed by atoms with van der Waals surface area (Å²) >= 11 is 0. The lowest BCUT2D eigenvalue weighted by Crippen LogP contribution is -2.34. The number of nitrogens with one attached hydrogen (secondary N) is 1. The average molecular weight is 392 g/mol. The number of aromatic nitrogens is 2. The van der Waals surface area contributed by atoms with Crippen LogP contribution in [0.25, 0.3) is 11.4 Å². The number of carbonyl (C=O) groups is 1. The van der Waals surface area contributed by atoms with Crippen molar-refractivity contribution in [1.82, 2.24) is 15.0 Å². The van der Waals surface area contributed by atoms with Gasteiger partial charge in [0.2, 0.25) is 11.7 Å². The monoisotopic (exact) mass is 392 g/mol. The molecule has 0 spiro atoms. The maximum atomic E-state index is 12.9. The molecule has 150 valence electrons. The molecule has 0 radical (unpaired) electrons. The Bertz CT molecular complexity index is 1030. The van der Waals surface area contributed by atoms with E-state index in [1.807, 2.05) is 56.3 Å². The number of para-hydroxylation sites is 1. The molecule has 1 fully saturated rings. The number of aryl methyl sites for hydroxylation is 1. The van der Waals surface area contributed by atoms with Crippen LogP contribution < -0.4 is 10.1 Å². The Morgan fingerprint density at radius 3 is 2.86 bits per heavy atom. The Morgan fingerprint density at radius 1 is 1.21 bits per heavy atom. The second-order valence-electron chi connectivity index (χ2n) is 7.19. The van der Waals surface area contributed by atoms with Crippen LogP contribution in [0.1, 0.15) is 35.9 Å². The zero-order chi connectivity index (χ0) is 20.4. The summed E-state index contributed by atoms with van der Waals surface area (Å²) in [6, 6.07) is 13.0. The molecule has 0 saturated carbocycles. The molecule has 29 heavy (non-hydrogen) atoms. The Morgan fingerprint density at radius 2 is 2.03 bits per heavy atom. The molecule has 3 aromatic rings. The van der Waals surface area contributed by atoms with Crippen LogP contribution in [0, 0.1) is 13.8 Å². The summed E-state index contributed by atoms with van der Waals surface area (Å²) in [5, 5.41) is 7.15. The van der Waals surface area contributed by atoms with Crippen LogP contribution in [0.5, 0.6) is 5.75 Å². The van der Waals surface area contributed by atoms with E-state index in [0.29, 0.717) is 24.0 Å². The van der Waals surface area contributed by atoms with E-state index in [9.17, 15) is 4.79 Å². The molecule has 7 nitrogen and oxygen atoms in total. The number of benzene rings is 2. The average Bonchev–Trinajstić information content (AvgIpc) is 3.40. The van der Waals surface area contributed by atoms with Crippen molar-refractivity contribution in [2.24, 2.45) is 0 Å². The van der Waals surface area contributed by atoms with Crippen molar-refractivity contribution in [3.8, 4) is 17.1 Å².